The average Bonchev–Trinajstić information content (AvgIpc) is 2.57. The summed E-state index contributed by atoms with van der Waals surface area (Å²) in [6, 6.07) is 5.78. The molecule has 5 heteroatoms. The van der Waals surface area contributed by atoms with E-state index in [-0.39, 0.29) is 5.91 Å². The molecule has 16 heavy (non-hydrogen) atoms. The number of amides is 1. The number of alkyl halides is 1. The van der Waals surface area contributed by atoms with E-state index in [0.29, 0.717) is 11.8 Å². The molecule has 0 aliphatic rings. The Morgan fingerprint density at radius 2 is 2.38 bits per heavy atom. The number of halogens is 1. The van der Waals surface area contributed by atoms with E-state index in [4.69, 9.17) is 0 Å². The Bertz CT molecular complexity index is 524. The third kappa shape index (κ3) is 2.59. The predicted octanol–water partition coefficient (Wildman–Crippen LogP) is 3.33. The van der Waals surface area contributed by atoms with Crippen molar-refractivity contribution in [3.8, 4) is 0 Å². The van der Waals surface area contributed by atoms with E-state index in [0.717, 1.165) is 20.9 Å². The highest BCUT2D eigenvalue weighted by atomic mass is 79.9. The lowest BCUT2D eigenvalue weighted by atomic mass is 10.3. The van der Waals surface area contributed by atoms with E-state index >= 15 is 0 Å². The first-order valence-corrected chi connectivity index (χ1v) is 6.86. The summed E-state index contributed by atoms with van der Waals surface area (Å²) in [6.07, 6.45) is 0.486. The van der Waals surface area contributed by atoms with Crippen LogP contribution in [0.4, 0.5) is 5.69 Å². The molecule has 0 saturated carbocycles. The first kappa shape index (κ1) is 11.5. The fourth-order valence-corrected chi connectivity index (χ4v) is 2.65. The fraction of sp³-hybridized carbons (Fsp3) is 0.273. The van der Waals surface area contributed by atoms with Crippen molar-refractivity contribution in [1.29, 1.82) is 0 Å². The molecule has 1 aromatic carbocycles. The molecule has 1 aromatic heterocycles. The van der Waals surface area contributed by atoms with E-state index in [9.17, 15) is 4.79 Å². The van der Waals surface area contributed by atoms with Gasteiger partial charge in [-0.1, -0.05) is 15.9 Å². The number of hydrogen-bond acceptors (Lipinski definition) is 3. The lowest BCUT2D eigenvalue weighted by molar-refractivity contribution is -0.115. The summed E-state index contributed by atoms with van der Waals surface area (Å²) in [6.45, 7) is 1.98. The molecule has 0 saturated heterocycles. The van der Waals surface area contributed by atoms with Crippen molar-refractivity contribution in [2.24, 2.45) is 0 Å². The van der Waals surface area contributed by atoms with Gasteiger partial charge in [-0.2, -0.15) is 0 Å². The van der Waals surface area contributed by atoms with E-state index in [1.807, 2.05) is 25.1 Å². The number of rotatable bonds is 3. The van der Waals surface area contributed by atoms with E-state index in [1.54, 1.807) is 11.3 Å². The number of carbonyl (C=O) groups is 1. The third-order valence-corrected chi connectivity index (χ3v) is 3.43. The van der Waals surface area contributed by atoms with Gasteiger partial charge in [-0.05, 0) is 25.1 Å². The summed E-state index contributed by atoms with van der Waals surface area (Å²) in [5, 5.41) is 4.58. The molecule has 1 heterocycles. The van der Waals surface area contributed by atoms with Gasteiger partial charge in [0.15, 0.2) is 0 Å². The second kappa shape index (κ2) is 4.93. The van der Waals surface area contributed by atoms with Crippen LogP contribution in [0.15, 0.2) is 18.2 Å². The maximum atomic E-state index is 11.4. The SMILES string of the molecule is Cc1nc2ccc(NC(=O)CCBr)cc2s1. The Hall–Kier alpha value is -0.940. The molecule has 0 atom stereocenters. The van der Waals surface area contributed by atoms with Crippen molar-refractivity contribution in [1.82, 2.24) is 4.98 Å². The van der Waals surface area contributed by atoms with Crippen molar-refractivity contribution in [2.75, 3.05) is 10.6 Å². The quantitative estimate of drug-likeness (QED) is 0.883. The standard InChI is InChI=1S/C11H11BrN2OS/c1-7-13-9-3-2-8(6-10(9)16-7)14-11(15)4-5-12/h2-3,6H,4-5H2,1H3,(H,14,15). The van der Waals surface area contributed by atoms with Gasteiger partial charge in [0.2, 0.25) is 5.91 Å². The minimum absolute atomic E-state index is 0.0254. The van der Waals surface area contributed by atoms with E-state index in [1.165, 1.54) is 0 Å². The Morgan fingerprint density at radius 1 is 1.56 bits per heavy atom. The second-order valence-corrected chi connectivity index (χ2v) is 5.43. The highest BCUT2D eigenvalue weighted by Gasteiger charge is 2.04. The summed E-state index contributed by atoms with van der Waals surface area (Å²) in [4.78, 5) is 15.8. The summed E-state index contributed by atoms with van der Waals surface area (Å²) in [7, 11) is 0. The normalized spacial score (nSPS) is 10.6. The van der Waals surface area contributed by atoms with Crippen LogP contribution in [-0.4, -0.2) is 16.2 Å². The topological polar surface area (TPSA) is 42.0 Å². The third-order valence-electron chi connectivity index (χ3n) is 2.10. The van der Waals surface area contributed by atoms with Crippen molar-refractivity contribution < 1.29 is 4.79 Å². The van der Waals surface area contributed by atoms with Crippen LogP contribution in [0.25, 0.3) is 10.2 Å². The monoisotopic (exact) mass is 298 g/mol. The van der Waals surface area contributed by atoms with Crippen LogP contribution in [0.3, 0.4) is 0 Å². The van der Waals surface area contributed by atoms with E-state index in [2.05, 4.69) is 26.2 Å². The van der Waals surface area contributed by atoms with Gasteiger partial charge in [0.25, 0.3) is 0 Å². The van der Waals surface area contributed by atoms with Gasteiger partial charge < -0.3 is 5.32 Å². The van der Waals surface area contributed by atoms with Crippen LogP contribution in [0, 0.1) is 6.92 Å². The molecule has 0 unspecified atom stereocenters. The van der Waals surface area contributed by atoms with Gasteiger partial charge in [-0.3, -0.25) is 4.79 Å². The molecule has 0 spiro atoms. The van der Waals surface area contributed by atoms with Gasteiger partial charge in [0.05, 0.1) is 15.2 Å². The number of benzene rings is 1. The van der Waals surface area contributed by atoms with Crippen LogP contribution < -0.4 is 5.32 Å². The first-order valence-electron chi connectivity index (χ1n) is 4.92. The molecule has 0 radical (unpaired) electrons. The van der Waals surface area contributed by atoms with Crippen LogP contribution in [0.1, 0.15) is 11.4 Å². The van der Waals surface area contributed by atoms with Crippen LogP contribution in [0.5, 0.6) is 0 Å². The molecular formula is C11H11BrN2OS. The zero-order chi connectivity index (χ0) is 11.5. The Balaban J connectivity index is 2.22. The minimum Gasteiger partial charge on any atom is -0.326 e. The highest BCUT2D eigenvalue weighted by molar-refractivity contribution is 9.09. The fourth-order valence-electron chi connectivity index (χ4n) is 1.43. The number of aromatic nitrogens is 1. The van der Waals surface area contributed by atoms with Gasteiger partial charge in [0.1, 0.15) is 0 Å². The number of aryl methyl sites for hydroxylation is 1. The maximum Gasteiger partial charge on any atom is 0.225 e. The second-order valence-electron chi connectivity index (χ2n) is 3.40. The number of carbonyl (C=O) groups excluding carboxylic acids is 1. The number of hydrogen-bond donors (Lipinski definition) is 1. The van der Waals surface area contributed by atoms with Gasteiger partial charge in [0, 0.05) is 17.4 Å². The van der Waals surface area contributed by atoms with Gasteiger partial charge >= 0.3 is 0 Å². The molecule has 2 rings (SSSR count). The summed E-state index contributed by atoms with van der Waals surface area (Å²) in [5.74, 6) is 0.0254. The molecule has 2 aromatic rings. The van der Waals surface area contributed by atoms with Gasteiger partial charge in [-0.25, -0.2) is 4.98 Å². The molecular weight excluding hydrogens is 288 g/mol. The molecule has 3 nitrogen and oxygen atoms in total. The number of thiazole rings is 1. The summed E-state index contributed by atoms with van der Waals surface area (Å²) >= 11 is 4.87. The number of fused-ring (bicyclic) bond motifs is 1. The summed E-state index contributed by atoms with van der Waals surface area (Å²) < 4.78 is 1.11. The van der Waals surface area contributed by atoms with Crippen molar-refractivity contribution in [2.45, 2.75) is 13.3 Å². The molecule has 1 amide bonds. The molecule has 0 aliphatic heterocycles. The zero-order valence-electron chi connectivity index (χ0n) is 8.79. The van der Waals surface area contributed by atoms with E-state index < -0.39 is 0 Å². The Morgan fingerprint density at radius 3 is 3.12 bits per heavy atom. The largest absolute Gasteiger partial charge is 0.326 e. The molecule has 1 N–H and O–H groups in total. The first-order chi connectivity index (χ1) is 7.69. The smallest absolute Gasteiger partial charge is 0.225 e. The zero-order valence-corrected chi connectivity index (χ0v) is 11.2. The molecule has 84 valence electrons. The van der Waals surface area contributed by atoms with Crippen molar-refractivity contribution in [3.63, 3.8) is 0 Å². The highest BCUT2D eigenvalue weighted by Crippen LogP contribution is 2.24. The Kier molecular flexibility index (Phi) is 3.56. The molecule has 0 bridgehead atoms. The lowest BCUT2D eigenvalue weighted by Crippen LogP contribution is -2.11. The van der Waals surface area contributed by atoms with Gasteiger partial charge in [-0.15, -0.1) is 11.3 Å². The lowest BCUT2D eigenvalue weighted by Gasteiger charge is -2.03. The van der Waals surface area contributed by atoms with Crippen LogP contribution in [-0.2, 0) is 4.79 Å². The number of nitrogens with zero attached hydrogens (tertiary/aromatic N) is 1. The molecule has 0 aliphatic carbocycles. The van der Waals surface area contributed by atoms with Crippen molar-refractivity contribution >= 4 is 49.1 Å². The maximum absolute atomic E-state index is 11.4. The predicted molar refractivity (Wildman–Crippen MR) is 71.4 cm³/mol. The summed E-state index contributed by atoms with van der Waals surface area (Å²) in [5.41, 5.74) is 1.82. The minimum atomic E-state index is 0.0254. The number of anilines is 1. The molecule has 0 fully saturated rings. The number of nitrogens with one attached hydrogen (secondary N) is 1. The Labute approximate surface area is 106 Å². The average molecular weight is 299 g/mol. The van der Waals surface area contributed by atoms with Crippen LogP contribution >= 0.6 is 27.3 Å². The van der Waals surface area contributed by atoms with Crippen molar-refractivity contribution in [3.05, 3.63) is 23.2 Å². The van der Waals surface area contributed by atoms with Crippen LogP contribution in [0.2, 0.25) is 0 Å².